The van der Waals surface area contributed by atoms with Crippen LogP contribution >= 0.6 is 0 Å². The summed E-state index contributed by atoms with van der Waals surface area (Å²) in [5.74, 6) is 3.04. The zero-order valence-corrected chi connectivity index (χ0v) is 13.2. The molecule has 0 amide bonds. The second-order valence-electron chi connectivity index (χ2n) is 6.70. The summed E-state index contributed by atoms with van der Waals surface area (Å²) < 4.78 is 0. The molecule has 0 radical (unpaired) electrons. The second-order valence-corrected chi connectivity index (χ2v) is 6.70. The fraction of sp³-hybridized carbons (Fsp3) is 0.833. The number of hydrogen-bond acceptors (Lipinski definition) is 1. The van der Waals surface area contributed by atoms with Crippen LogP contribution in [0.5, 0.6) is 0 Å². The van der Waals surface area contributed by atoms with Gasteiger partial charge in [0.15, 0.2) is 0 Å². The second kappa shape index (κ2) is 9.20. The van der Waals surface area contributed by atoms with Crippen LogP contribution in [0.3, 0.4) is 0 Å². The summed E-state index contributed by atoms with van der Waals surface area (Å²) in [6.07, 6.45) is 20.8. The van der Waals surface area contributed by atoms with Gasteiger partial charge in [0, 0.05) is 18.8 Å². The zero-order chi connectivity index (χ0) is 14.0. The molecule has 1 aliphatic carbocycles. The molecule has 1 unspecified atom stereocenters. The Morgan fingerprint density at radius 2 is 2.05 bits per heavy atom. The van der Waals surface area contributed by atoms with Crippen LogP contribution < -0.4 is 0 Å². The molecule has 114 valence electrons. The lowest BCUT2D eigenvalue weighted by Gasteiger charge is -2.26. The fourth-order valence-corrected chi connectivity index (χ4v) is 3.74. The maximum Gasteiger partial charge on any atom is 0.106 e. The van der Waals surface area contributed by atoms with Crippen molar-refractivity contribution in [2.75, 3.05) is 0 Å². The van der Waals surface area contributed by atoms with Gasteiger partial charge in [0.2, 0.25) is 0 Å². The standard InChI is InChI=1S/C18H32N2/c1-2-3-4-6-11-17(15-18-19-12-13-20-18)14-16-9-7-5-8-10-16/h12-13,16-17H,2-11,14-15H2,1H3,(H,19,20). The van der Waals surface area contributed by atoms with Crippen molar-refractivity contribution in [2.24, 2.45) is 11.8 Å². The molecule has 0 aromatic carbocycles. The lowest BCUT2D eigenvalue weighted by Crippen LogP contribution is -2.15. The minimum atomic E-state index is 0.848. The van der Waals surface area contributed by atoms with Crippen molar-refractivity contribution < 1.29 is 0 Å². The Morgan fingerprint density at radius 3 is 2.75 bits per heavy atom. The van der Waals surface area contributed by atoms with Crippen LogP contribution in [0.15, 0.2) is 12.4 Å². The normalized spacial score (nSPS) is 18.2. The predicted molar refractivity (Wildman–Crippen MR) is 85.7 cm³/mol. The Bertz CT molecular complexity index is 325. The van der Waals surface area contributed by atoms with Crippen LogP contribution in [-0.2, 0) is 6.42 Å². The van der Waals surface area contributed by atoms with Crippen molar-refractivity contribution in [1.82, 2.24) is 9.97 Å². The van der Waals surface area contributed by atoms with E-state index in [1.54, 1.807) is 0 Å². The van der Waals surface area contributed by atoms with E-state index in [0.29, 0.717) is 0 Å². The van der Waals surface area contributed by atoms with E-state index in [1.165, 1.54) is 76.5 Å². The monoisotopic (exact) mass is 276 g/mol. The Kier molecular flexibility index (Phi) is 7.18. The van der Waals surface area contributed by atoms with Gasteiger partial charge >= 0.3 is 0 Å². The molecule has 1 aromatic rings. The van der Waals surface area contributed by atoms with Crippen molar-refractivity contribution in [1.29, 1.82) is 0 Å². The van der Waals surface area contributed by atoms with Crippen molar-refractivity contribution >= 4 is 0 Å². The molecule has 0 bridgehead atoms. The lowest BCUT2D eigenvalue weighted by molar-refractivity contribution is 0.271. The minimum absolute atomic E-state index is 0.848. The first-order chi connectivity index (χ1) is 9.88. The highest BCUT2D eigenvalue weighted by Gasteiger charge is 2.19. The highest BCUT2D eigenvalue weighted by molar-refractivity contribution is 4.89. The number of nitrogens with zero attached hydrogens (tertiary/aromatic N) is 1. The van der Waals surface area contributed by atoms with Crippen LogP contribution in [0.25, 0.3) is 0 Å². The SMILES string of the molecule is CCCCCCC(Cc1ncc[nH]1)CC1CCCCC1. The van der Waals surface area contributed by atoms with E-state index < -0.39 is 0 Å². The molecule has 2 heteroatoms. The zero-order valence-electron chi connectivity index (χ0n) is 13.2. The average Bonchev–Trinajstić information content (AvgIpc) is 2.97. The highest BCUT2D eigenvalue weighted by atomic mass is 14.9. The molecule has 1 aromatic heterocycles. The van der Waals surface area contributed by atoms with Crippen LogP contribution in [0, 0.1) is 11.8 Å². The summed E-state index contributed by atoms with van der Waals surface area (Å²) in [6, 6.07) is 0. The molecular weight excluding hydrogens is 244 g/mol. The Balaban J connectivity index is 1.78. The maximum atomic E-state index is 4.44. The molecule has 1 atom stereocenters. The molecule has 20 heavy (non-hydrogen) atoms. The van der Waals surface area contributed by atoms with E-state index in [0.717, 1.165) is 18.3 Å². The largest absolute Gasteiger partial charge is 0.349 e. The van der Waals surface area contributed by atoms with Gasteiger partial charge in [-0.2, -0.15) is 0 Å². The van der Waals surface area contributed by atoms with Gasteiger partial charge in [-0.1, -0.05) is 71.1 Å². The summed E-state index contributed by atoms with van der Waals surface area (Å²) in [5.41, 5.74) is 0. The Hall–Kier alpha value is -0.790. The predicted octanol–water partition coefficient (Wildman–Crippen LogP) is 5.51. The number of aromatic amines is 1. The molecule has 1 aliphatic rings. The van der Waals surface area contributed by atoms with Crippen LogP contribution in [0.4, 0.5) is 0 Å². The molecule has 1 saturated carbocycles. The molecule has 0 aliphatic heterocycles. The number of unbranched alkanes of at least 4 members (excludes halogenated alkanes) is 3. The first-order valence-electron chi connectivity index (χ1n) is 8.86. The quantitative estimate of drug-likeness (QED) is 0.592. The topological polar surface area (TPSA) is 28.7 Å². The number of rotatable bonds is 9. The van der Waals surface area contributed by atoms with Gasteiger partial charge in [0.25, 0.3) is 0 Å². The van der Waals surface area contributed by atoms with E-state index in [1.807, 2.05) is 12.4 Å². The molecule has 1 N–H and O–H groups in total. The van der Waals surface area contributed by atoms with Crippen LogP contribution in [-0.4, -0.2) is 9.97 Å². The third kappa shape index (κ3) is 5.68. The summed E-state index contributed by atoms with van der Waals surface area (Å²) in [5, 5.41) is 0. The molecule has 2 rings (SSSR count). The third-order valence-electron chi connectivity index (χ3n) is 4.89. The summed E-state index contributed by atoms with van der Waals surface area (Å²) in [7, 11) is 0. The van der Waals surface area contributed by atoms with Gasteiger partial charge in [-0.15, -0.1) is 0 Å². The Labute approximate surface area is 124 Å². The van der Waals surface area contributed by atoms with Gasteiger partial charge in [-0.25, -0.2) is 4.98 Å². The molecule has 0 saturated heterocycles. The van der Waals surface area contributed by atoms with E-state index in [9.17, 15) is 0 Å². The summed E-state index contributed by atoms with van der Waals surface area (Å²) in [6.45, 7) is 2.29. The summed E-state index contributed by atoms with van der Waals surface area (Å²) >= 11 is 0. The number of aromatic nitrogens is 2. The average molecular weight is 276 g/mol. The van der Waals surface area contributed by atoms with Gasteiger partial charge in [0.1, 0.15) is 5.82 Å². The van der Waals surface area contributed by atoms with Gasteiger partial charge in [-0.3, -0.25) is 0 Å². The third-order valence-corrected chi connectivity index (χ3v) is 4.89. The maximum absolute atomic E-state index is 4.44. The van der Waals surface area contributed by atoms with Crippen molar-refractivity contribution in [3.8, 4) is 0 Å². The molecular formula is C18H32N2. The van der Waals surface area contributed by atoms with E-state index in [-0.39, 0.29) is 0 Å². The highest BCUT2D eigenvalue weighted by Crippen LogP contribution is 2.32. The fourth-order valence-electron chi connectivity index (χ4n) is 3.74. The van der Waals surface area contributed by atoms with Crippen molar-refractivity contribution in [2.45, 2.75) is 84.0 Å². The van der Waals surface area contributed by atoms with E-state index >= 15 is 0 Å². The molecule has 1 heterocycles. The first-order valence-corrected chi connectivity index (χ1v) is 8.86. The van der Waals surface area contributed by atoms with Crippen molar-refractivity contribution in [3.63, 3.8) is 0 Å². The van der Waals surface area contributed by atoms with Crippen molar-refractivity contribution in [3.05, 3.63) is 18.2 Å². The first kappa shape index (κ1) is 15.6. The van der Waals surface area contributed by atoms with Gasteiger partial charge < -0.3 is 4.98 Å². The number of hydrogen-bond donors (Lipinski definition) is 1. The lowest BCUT2D eigenvalue weighted by atomic mass is 9.80. The minimum Gasteiger partial charge on any atom is -0.349 e. The van der Waals surface area contributed by atoms with E-state index in [2.05, 4.69) is 16.9 Å². The molecule has 1 fully saturated rings. The number of nitrogens with one attached hydrogen (secondary N) is 1. The summed E-state index contributed by atoms with van der Waals surface area (Å²) in [4.78, 5) is 7.73. The molecule has 0 spiro atoms. The number of imidazole rings is 1. The van der Waals surface area contributed by atoms with Gasteiger partial charge in [0.05, 0.1) is 0 Å². The smallest absolute Gasteiger partial charge is 0.106 e. The van der Waals surface area contributed by atoms with E-state index in [4.69, 9.17) is 0 Å². The van der Waals surface area contributed by atoms with Crippen LogP contribution in [0.1, 0.15) is 83.4 Å². The van der Waals surface area contributed by atoms with Gasteiger partial charge in [-0.05, 0) is 18.3 Å². The number of H-pyrrole nitrogens is 1. The Morgan fingerprint density at radius 1 is 1.20 bits per heavy atom. The van der Waals surface area contributed by atoms with Crippen LogP contribution in [0.2, 0.25) is 0 Å². The molecule has 2 nitrogen and oxygen atoms in total.